The fourth-order valence-corrected chi connectivity index (χ4v) is 4.29. The van der Waals surface area contributed by atoms with Crippen molar-refractivity contribution in [2.45, 2.75) is 52.9 Å². The molecule has 0 radical (unpaired) electrons. The highest BCUT2D eigenvalue weighted by Crippen LogP contribution is 2.67. The van der Waals surface area contributed by atoms with Crippen LogP contribution in [-0.2, 0) is 0 Å². The Kier molecular flexibility index (Phi) is 3.39. The largest absolute Gasteiger partial charge is 0.317 e. The second-order valence-electron chi connectivity index (χ2n) is 5.86. The molecule has 2 rings (SSSR count). The van der Waals surface area contributed by atoms with Crippen LogP contribution in [0.15, 0.2) is 0 Å². The zero-order chi connectivity index (χ0) is 10.9. The first-order valence-electron chi connectivity index (χ1n) is 6.94. The highest BCUT2D eigenvalue weighted by molar-refractivity contribution is 5.10. The highest BCUT2D eigenvalue weighted by atomic mass is 14.9. The molecule has 0 aromatic heterocycles. The Labute approximate surface area is 95.0 Å². The minimum Gasteiger partial charge on any atom is -0.317 e. The van der Waals surface area contributed by atoms with Gasteiger partial charge in [-0.25, -0.2) is 0 Å². The van der Waals surface area contributed by atoms with Crippen LogP contribution >= 0.6 is 0 Å². The van der Waals surface area contributed by atoms with Gasteiger partial charge >= 0.3 is 0 Å². The standard InChI is InChI=1S/C14H27N/c1-4-12-13-11(10-15-5-2)8-6-7-9-14(12,13)3/h11-13,15H,4-10H2,1-3H3/t11-,12?,13?,14?/m0/s1. The Bertz CT molecular complexity index is 213. The van der Waals surface area contributed by atoms with E-state index in [0.717, 1.165) is 29.7 Å². The third-order valence-electron chi connectivity index (χ3n) is 5.08. The lowest BCUT2D eigenvalue weighted by molar-refractivity contribution is 0.363. The number of nitrogens with one attached hydrogen (secondary N) is 1. The molecule has 0 aromatic rings. The van der Waals surface area contributed by atoms with Gasteiger partial charge in [0.2, 0.25) is 0 Å². The summed E-state index contributed by atoms with van der Waals surface area (Å²) in [5.41, 5.74) is 0.728. The van der Waals surface area contributed by atoms with Gasteiger partial charge < -0.3 is 5.32 Å². The first kappa shape index (κ1) is 11.4. The van der Waals surface area contributed by atoms with Gasteiger partial charge in [0.25, 0.3) is 0 Å². The van der Waals surface area contributed by atoms with Gasteiger partial charge in [-0.1, -0.05) is 40.0 Å². The van der Waals surface area contributed by atoms with E-state index in [1.807, 2.05) is 0 Å². The molecule has 88 valence electrons. The zero-order valence-corrected chi connectivity index (χ0v) is 10.7. The van der Waals surface area contributed by atoms with E-state index in [9.17, 15) is 0 Å². The van der Waals surface area contributed by atoms with Crippen LogP contribution in [0.4, 0.5) is 0 Å². The van der Waals surface area contributed by atoms with Crippen molar-refractivity contribution in [1.82, 2.24) is 5.32 Å². The average Bonchev–Trinajstić information content (AvgIpc) is 2.85. The van der Waals surface area contributed by atoms with E-state index in [2.05, 4.69) is 26.1 Å². The van der Waals surface area contributed by atoms with Crippen molar-refractivity contribution in [2.24, 2.45) is 23.2 Å². The SMILES string of the molecule is CCNC[C@@H]1CCCCC2(C)C(CC)C12. The predicted molar refractivity (Wildman–Crippen MR) is 65.9 cm³/mol. The van der Waals surface area contributed by atoms with Crippen molar-refractivity contribution in [3.63, 3.8) is 0 Å². The molecule has 0 saturated heterocycles. The number of fused-ring (bicyclic) bond motifs is 1. The van der Waals surface area contributed by atoms with Gasteiger partial charge in [0.15, 0.2) is 0 Å². The van der Waals surface area contributed by atoms with Crippen LogP contribution in [-0.4, -0.2) is 13.1 Å². The van der Waals surface area contributed by atoms with Crippen LogP contribution in [0.5, 0.6) is 0 Å². The molecule has 0 amide bonds. The van der Waals surface area contributed by atoms with Gasteiger partial charge in [-0.2, -0.15) is 0 Å². The lowest BCUT2D eigenvalue weighted by atomic mass is 9.94. The Morgan fingerprint density at radius 3 is 2.73 bits per heavy atom. The summed E-state index contributed by atoms with van der Waals surface area (Å²) in [6, 6.07) is 0. The molecule has 0 bridgehead atoms. The van der Waals surface area contributed by atoms with Crippen molar-refractivity contribution < 1.29 is 0 Å². The summed E-state index contributed by atoms with van der Waals surface area (Å²) in [5.74, 6) is 3.06. The fraction of sp³-hybridized carbons (Fsp3) is 1.00. The molecular formula is C14H27N. The number of hydrogen-bond donors (Lipinski definition) is 1. The smallest absolute Gasteiger partial charge is 0.00177 e. The van der Waals surface area contributed by atoms with Gasteiger partial charge in [-0.05, 0) is 49.1 Å². The van der Waals surface area contributed by atoms with Crippen LogP contribution in [0, 0.1) is 23.2 Å². The van der Waals surface area contributed by atoms with Crippen LogP contribution < -0.4 is 5.32 Å². The summed E-state index contributed by atoms with van der Waals surface area (Å²) in [6.45, 7) is 9.56. The lowest BCUT2D eigenvalue weighted by Gasteiger charge is -2.16. The Balaban J connectivity index is 1.98. The minimum absolute atomic E-state index is 0.728. The van der Waals surface area contributed by atoms with E-state index in [0.29, 0.717) is 0 Å². The molecule has 15 heavy (non-hydrogen) atoms. The molecule has 1 nitrogen and oxygen atoms in total. The molecular weight excluding hydrogens is 182 g/mol. The fourth-order valence-electron chi connectivity index (χ4n) is 4.29. The zero-order valence-electron chi connectivity index (χ0n) is 10.7. The first-order chi connectivity index (χ1) is 7.24. The van der Waals surface area contributed by atoms with Gasteiger partial charge in [0.1, 0.15) is 0 Å². The lowest BCUT2D eigenvalue weighted by Crippen LogP contribution is -2.24. The van der Waals surface area contributed by atoms with Crippen molar-refractivity contribution in [3.8, 4) is 0 Å². The minimum atomic E-state index is 0.728. The molecule has 0 spiro atoms. The molecule has 2 saturated carbocycles. The van der Waals surface area contributed by atoms with Crippen molar-refractivity contribution >= 4 is 0 Å². The number of hydrogen-bond acceptors (Lipinski definition) is 1. The molecule has 0 heterocycles. The topological polar surface area (TPSA) is 12.0 Å². The highest BCUT2D eigenvalue weighted by Gasteiger charge is 2.61. The molecule has 3 unspecified atom stereocenters. The summed E-state index contributed by atoms with van der Waals surface area (Å²) < 4.78 is 0. The molecule has 0 aliphatic heterocycles. The van der Waals surface area contributed by atoms with E-state index in [4.69, 9.17) is 0 Å². The molecule has 1 N–H and O–H groups in total. The summed E-state index contributed by atoms with van der Waals surface area (Å²) >= 11 is 0. The summed E-state index contributed by atoms with van der Waals surface area (Å²) in [5, 5.41) is 3.56. The third kappa shape index (κ3) is 1.95. The molecule has 2 fully saturated rings. The monoisotopic (exact) mass is 209 g/mol. The van der Waals surface area contributed by atoms with E-state index in [-0.39, 0.29) is 0 Å². The maximum atomic E-state index is 3.56. The van der Waals surface area contributed by atoms with Crippen molar-refractivity contribution in [1.29, 1.82) is 0 Å². The Morgan fingerprint density at radius 2 is 2.07 bits per heavy atom. The normalized spacial score (nSPS) is 44.6. The van der Waals surface area contributed by atoms with Gasteiger partial charge in [0, 0.05) is 0 Å². The van der Waals surface area contributed by atoms with E-state index in [1.165, 1.54) is 38.6 Å². The molecule has 2 aliphatic carbocycles. The van der Waals surface area contributed by atoms with Crippen LogP contribution in [0.2, 0.25) is 0 Å². The third-order valence-corrected chi connectivity index (χ3v) is 5.08. The van der Waals surface area contributed by atoms with Crippen molar-refractivity contribution in [3.05, 3.63) is 0 Å². The average molecular weight is 209 g/mol. The van der Waals surface area contributed by atoms with Crippen molar-refractivity contribution in [2.75, 3.05) is 13.1 Å². The maximum absolute atomic E-state index is 3.56. The summed E-state index contributed by atoms with van der Waals surface area (Å²) in [4.78, 5) is 0. The summed E-state index contributed by atoms with van der Waals surface area (Å²) in [6.07, 6.45) is 7.33. The van der Waals surface area contributed by atoms with Crippen LogP contribution in [0.1, 0.15) is 52.9 Å². The van der Waals surface area contributed by atoms with E-state index in [1.54, 1.807) is 0 Å². The molecule has 1 heteroatoms. The second kappa shape index (κ2) is 4.45. The predicted octanol–water partition coefficient (Wildman–Crippen LogP) is 3.45. The van der Waals surface area contributed by atoms with Gasteiger partial charge in [-0.3, -0.25) is 0 Å². The summed E-state index contributed by atoms with van der Waals surface area (Å²) in [7, 11) is 0. The molecule has 2 aliphatic rings. The Morgan fingerprint density at radius 1 is 1.27 bits per heavy atom. The Hall–Kier alpha value is -0.0400. The molecule has 0 aromatic carbocycles. The van der Waals surface area contributed by atoms with E-state index < -0.39 is 0 Å². The second-order valence-corrected chi connectivity index (χ2v) is 5.86. The van der Waals surface area contributed by atoms with Gasteiger partial charge in [0.05, 0.1) is 0 Å². The molecule has 4 atom stereocenters. The maximum Gasteiger partial charge on any atom is -0.00177 e. The van der Waals surface area contributed by atoms with Gasteiger partial charge in [-0.15, -0.1) is 0 Å². The quantitative estimate of drug-likeness (QED) is 0.748. The van der Waals surface area contributed by atoms with Crippen LogP contribution in [0.25, 0.3) is 0 Å². The number of rotatable bonds is 4. The van der Waals surface area contributed by atoms with Crippen LogP contribution in [0.3, 0.4) is 0 Å². The van der Waals surface area contributed by atoms with E-state index >= 15 is 0 Å². The first-order valence-corrected chi connectivity index (χ1v) is 6.94.